The quantitative estimate of drug-likeness (QED) is 0.935. The number of fused-ring (bicyclic) bond motifs is 1. The smallest absolute Gasteiger partial charge is 0.227 e. The van der Waals surface area contributed by atoms with Gasteiger partial charge in [-0.15, -0.1) is 0 Å². The maximum absolute atomic E-state index is 12.6. The summed E-state index contributed by atoms with van der Waals surface area (Å²) in [7, 11) is 0. The van der Waals surface area contributed by atoms with Crippen molar-refractivity contribution in [2.45, 2.75) is 38.3 Å². The summed E-state index contributed by atoms with van der Waals surface area (Å²) >= 11 is 0. The Morgan fingerprint density at radius 3 is 2.48 bits per heavy atom. The van der Waals surface area contributed by atoms with Crippen molar-refractivity contribution in [2.24, 2.45) is 0 Å². The van der Waals surface area contributed by atoms with Crippen LogP contribution in [0.3, 0.4) is 0 Å². The number of piperidine rings is 1. The van der Waals surface area contributed by atoms with Crippen LogP contribution in [0.25, 0.3) is 0 Å². The number of amides is 1. The van der Waals surface area contributed by atoms with Crippen molar-refractivity contribution in [1.29, 1.82) is 0 Å². The number of aromatic hydroxyl groups is 1. The molecule has 2 aliphatic heterocycles. The summed E-state index contributed by atoms with van der Waals surface area (Å²) < 4.78 is 0. The Hall–Kier alpha value is -2.33. The van der Waals surface area contributed by atoms with Crippen LogP contribution in [-0.2, 0) is 17.8 Å². The SMILES string of the molecule is O=C1CCc2c(O)cccc2N1C1CCN(Cc2ccccc2)CC1. The largest absolute Gasteiger partial charge is 0.508 e. The third-order valence-corrected chi connectivity index (χ3v) is 5.41. The molecule has 2 heterocycles. The Balaban J connectivity index is 1.46. The summed E-state index contributed by atoms with van der Waals surface area (Å²) in [5, 5.41) is 10.1. The molecule has 0 radical (unpaired) electrons. The number of likely N-dealkylation sites (tertiary alicyclic amines) is 1. The third-order valence-electron chi connectivity index (χ3n) is 5.41. The average molecular weight is 336 g/mol. The first kappa shape index (κ1) is 16.2. The lowest BCUT2D eigenvalue weighted by Crippen LogP contribution is -2.49. The van der Waals surface area contributed by atoms with Crippen LogP contribution in [0.2, 0.25) is 0 Å². The summed E-state index contributed by atoms with van der Waals surface area (Å²) in [6, 6.07) is 16.3. The number of hydrogen-bond acceptors (Lipinski definition) is 3. The normalized spacial score (nSPS) is 19.0. The molecule has 4 heteroatoms. The number of carbonyl (C=O) groups excluding carboxylic acids is 1. The van der Waals surface area contributed by atoms with Gasteiger partial charge in [-0.05, 0) is 37.0 Å². The molecule has 0 saturated carbocycles. The van der Waals surface area contributed by atoms with E-state index in [0.717, 1.165) is 43.7 Å². The number of anilines is 1. The lowest BCUT2D eigenvalue weighted by molar-refractivity contribution is -0.119. The van der Waals surface area contributed by atoms with Crippen molar-refractivity contribution in [3.63, 3.8) is 0 Å². The molecule has 0 aromatic heterocycles. The second-order valence-corrected chi connectivity index (χ2v) is 7.03. The van der Waals surface area contributed by atoms with Crippen molar-refractivity contribution in [3.8, 4) is 5.75 Å². The molecule has 0 bridgehead atoms. The summed E-state index contributed by atoms with van der Waals surface area (Å²) in [5.74, 6) is 0.510. The first-order valence-corrected chi connectivity index (χ1v) is 9.11. The fraction of sp³-hybridized carbons (Fsp3) is 0.381. The highest BCUT2D eigenvalue weighted by Gasteiger charge is 2.33. The molecule has 2 aromatic rings. The van der Waals surface area contributed by atoms with E-state index >= 15 is 0 Å². The summed E-state index contributed by atoms with van der Waals surface area (Å²) in [4.78, 5) is 17.0. The molecule has 1 fully saturated rings. The molecule has 4 rings (SSSR count). The van der Waals surface area contributed by atoms with Crippen LogP contribution in [0.5, 0.6) is 5.75 Å². The molecule has 25 heavy (non-hydrogen) atoms. The Morgan fingerprint density at radius 2 is 1.72 bits per heavy atom. The van der Waals surface area contributed by atoms with Crippen LogP contribution in [0.15, 0.2) is 48.5 Å². The topological polar surface area (TPSA) is 43.8 Å². The highest BCUT2D eigenvalue weighted by Crippen LogP contribution is 2.37. The number of phenols is 1. The van der Waals surface area contributed by atoms with Crippen molar-refractivity contribution in [3.05, 3.63) is 59.7 Å². The number of nitrogens with zero attached hydrogens (tertiary/aromatic N) is 2. The third kappa shape index (κ3) is 3.27. The highest BCUT2D eigenvalue weighted by molar-refractivity contribution is 5.97. The Labute approximate surface area is 148 Å². The molecular weight excluding hydrogens is 312 g/mol. The number of carbonyl (C=O) groups is 1. The number of phenolic OH excluding ortho intramolecular Hbond substituents is 1. The Morgan fingerprint density at radius 1 is 0.960 bits per heavy atom. The van der Waals surface area contributed by atoms with Gasteiger partial charge in [0, 0.05) is 37.7 Å². The van der Waals surface area contributed by atoms with Crippen molar-refractivity contribution >= 4 is 11.6 Å². The first-order chi connectivity index (χ1) is 12.2. The lowest BCUT2D eigenvalue weighted by atomic mass is 9.94. The number of rotatable bonds is 3. The second kappa shape index (κ2) is 6.89. The molecule has 1 N–H and O–H groups in total. The van der Waals surface area contributed by atoms with E-state index < -0.39 is 0 Å². The predicted molar refractivity (Wildman–Crippen MR) is 98.7 cm³/mol. The van der Waals surface area contributed by atoms with Crippen LogP contribution in [-0.4, -0.2) is 35.0 Å². The molecule has 1 saturated heterocycles. The molecule has 0 atom stereocenters. The van der Waals surface area contributed by atoms with E-state index in [1.54, 1.807) is 6.07 Å². The van der Waals surface area contributed by atoms with Gasteiger partial charge in [-0.25, -0.2) is 0 Å². The molecule has 0 aliphatic carbocycles. The van der Waals surface area contributed by atoms with Gasteiger partial charge in [0.05, 0.1) is 5.69 Å². The average Bonchev–Trinajstić information content (AvgIpc) is 2.64. The van der Waals surface area contributed by atoms with E-state index in [0.29, 0.717) is 18.6 Å². The van der Waals surface area contributed by atoms with Gasteiger partial charge in [-0.3, -0.25) is 9.69 Å². The van der Waals surface area contributed by atoms with Crippen LogP contribution < -0.4 is 4.90 Å². The molecule has 130 valence electrons. The van der Waals surface area contributed by atoms with Crippen molar-refractivity contribution in [1.82, 2.24) is 4.90 Å². The van der Waals surface area contributed by atoms with Crippen molar-refractivity contribution in [2.75, 3.05) is 18.0 Å². The van der Waals surface area contributed by atoms with Gasteiger partial charge in [0.2, 0.25) is 5.91 Å². The van der Waals surface area contributed by atoms with E-state index in [9.17, 15) is 9.90 Å². The summed E-state index contributed by atoms with van der Waals surface area (Å²) in [5.41, 5.74) is 3.18. The summed E-state index contributed by atoms with van der Waals surface area (Å²) in [6.07, 6.45) is 3.10. The fourth-order valence-corrected chi connectivity index (χ4v) is 4.11. The van der Waals surface area contributed by atoms with Gasteiger partial charge < -0.3 is 10.0 Å². The Kier molecular flexibility index (Phi) is 4.45. The van der Waals surface area contributed by atoms with Crippen LogP contribution in [0, 0.1) is 0 Å². The van der Waals surface area contributed by atoms with Gasteiger partial charge in [-0.2, -0.15) is 0 Å². The molecule has 0 unspecified atom stereocenters. The van der Waals surface area contributed by atoms with Gasteiger partial charge in [0.25, 0.3) is 0 Å². The monoisotopic (exact) mass is 336 g/mol. The molecule has 2 aromatic carbocycles. The zero-order chi connectivity index (χ0) is 17.2. The van der Waals surface area contributed by atoms with E-state index in [1.807, 2.05) is 23.1 Å². The summed E-state index contributed by atoms with van der Waals surface area (Å²) in [6.45, 7) is 2.97. The lowest BCUT2D eigenvalue weighted by Gasteiger charge is -2.41. The Bertz CT molecular complexity index is 752. The van der Waals surface area contributed by atoms with Crippen LogP contribution in [0.1, 0.15) is 30.4 Å². The van der Waals surface area contributed by atoms with Crippen LogP contribution in [0.4, 0.5) is 5.69 Å². The standard InChI is InChI=1S/C21H24N2O2/c24-20-8-4-7-19-18(20)9-10-21(25)23(19)17-11-13-22(14-12-17)15-16-5-2-1-3-6-16/h1-8,17,24H,9-15H2. The maximum atomic E-state index is 12.6. The molecule has 1 amide bonds. The molecular formula is C21H24N2O2. The van der Waals surface area contributed by atoms with Crippen LogP contribution >= 0.6 is 0 Å². The molecule has 2 aliphatic rings. The molecule has 4 nitrogen and oxygen atoms in total. The van der Waals surface area contributed by atoms with Crippen molar-refractivity contribution < 1.29 is 9.90 Å². The number of hydrogen-bond donors (Lipinski definition) is 1. The first-order valence-electron chi connectivity index (χ1n) is 9.11. The maximum Gasteiger partial charge on any atom is 0.227 e. The van der Waals surface area contributed by atoms with E-state index in [2.05, 4.69) is 29.2 Å². The van der Waals surface area contributed by atoms with Gasteiger partial charge in [0.1, 0.15) is 5.75 Å². The van der Waals surface area contributed by atoms with Gasteiger partial charge in [0.15, 0.2) is 0 Å². The predicted octanol–water partition coefficient (Wildman–Crippen LogP) is 3.34. The van der Waals surface area contributed by atoms with Gasteiger partial charge >= 0.3 is 0 Å². The minimum Gasteiger partial charge on any atom is -0.508 e. The van der Waals surface area contributed by atoms with Gasteiger partial charge in [-0.1, -0.05) is 36.4 Å². The number of benzene rings is 2. The van der Waals surface area contributed by atoms with E-state index in [1.165, 1.54) is 5.56 Å². The zero-order valence-corrected chi connectivity index (χ0v) is 14.4. The minimum absolute atomic E-state index is 0.194. The fourth-order valence-electron chi connectivity index (χ4n) is 4.11. The second-order valence-electron chi connectivity index (χ2n) is 7.03. The zero-order valence-electron chi connectivity index (χ0n) is 14.4. The van der Waals surface area contributed by atoms with E-state index in [-0.39, 0.29) is 11.9 Å². The molecule has 0 spiro atoms. The minimum atomic E-state index is 0.194. The highest BCUT2D eigenvalue weighted by atomic mass is 16.3. The van der Waals surface area contributed by atoms with E-state index in [4.69, 9.17) is 0 Å².